The fraction of sp³-hybridized carbons (Fsp3) is 0.250. The van der Waals surface area contributed by atoms with Gasteiger partial charge in [0.1, 0.15) is 5.75 Å². The Bertz CT molecular complexity index is 862. The van der Waals surface area contributed by atoms with Crippen molar-refractivity contribution in [3.63, 3.8) is 0 Å². The smallest absolute Gasteiger partial charge is 0.120 e. The monoisotopic (exact) mass is 382 g/mol. The van der Waals surface area contributed by atoms with Crippen molar-refractivity contribution in [2.75, 3.05) is 0 Å². The largest absolute Gasteiger partial charge is 0.508 e. The van der Waals surface area contributed by atoms with Gasteiger partial charge in [0.05, 0.1) is 0 Å². The van der Waals surface area contributed by atoms with Crippen molar-refractivity contribution in [3.05, 3.63) is 70.5 Å². The van der Waals surface area contributed by atoms with Gasteiger partial charge in [-0.1, -0.05) is 28.1 Å². The molecule has 1 aliphatic carbocycles. The molecule has 4 rings (SSSR count). The first-order chi connectivity index (χ1) is 11.7. The highest BCUT2D eigenvalue weighted by Gasteiger charge is 2.29. The predicted molar refractivity (Wildman–Crippen MR) is 99.8 cm³/mol. The molecule has 1 heterocycles. The molecule has 3 aromatic rings. The number of rotatable bonds is 5. The fourth-order valence-electron chi connectivity index (χ4n) is 3.20. The normalized spacial score (nSPS) is 14.4. The Morgan fingerprint density at radius 3 is 2.58 bits per heavy atom. The van der Waals surface area contributed by atoms with Crippen LogP contribution in [0.15, 0.2) is 59.3 Å². The summed E-state index contributed by atoms with van der Waals surface area (Å²) < 4.78 is 1.06. The maximum absolute atomic E-state index is 10.4. The highest BCUT2D eigenvalue weighted by Crippen LogP contribution is 2.35. The average Bonchev–Trinajstić information content (AvgIpc) is 3.42. The van der Waals surface area contributed by atoms with Crippen molar-refractivity contribution < 1.29 is 5.11 Å². The van der Waals surface area contributed by atoms with E-state index in [0.717, 1.165) is 33.9 Å². The second-order valence-electron chi connectivity index (χ2n) is 6.42. The number of nitrogens with zero attached hydrogens (tertiary/aromatic N) is 2. The van der Waals surface area contributed by atoms with Gasteiger partial charge in [0, 0.05) is 41.6 Å². The number of phenols is 1. The lowest BCUT2D eigenvalue weighted by atomic mass is 10.0. The first kappa shape index (κ1) is 15.6. The number of phenolic OH excluding ortho intramolecular Hbond substituents is 1. The summed E-state index contributed by atoms with van der Waals surface area (Å²) >= 11 is 3.52. The maximum atomic E-state index is 10.4. The van der Waals surface area contributed by atoms with Crippen LogP contribution in [0.5, 0.6) is 5.75 Å². The van der Waals surface area contributed by atoms with Crippen LogP contribution in [0.3, 0.4) is 0 Å². The summed E-state index contributed by atoms with van der Waals surface area (Å²) in [5, 5.41) is 12.7. The van der Waals surface area contributed by atoms with E-state index in [0.29, 0.717) is 11.8 Å². The Morgan fingerprint density at radius 1 is 1.04 bits per heavy atom. The molecule has 0 atom stereocenters. The lowest BCUT2D eigenvalue weighted by Crippen LogP contribution is -2.25. The molecule has 0 spiro atoms. The van der Waals surface area contributed by atoms with Gasteiger partial charge in [-0.25, -0.2) is 0 Å². The van der Waals surface area contributed by atoms with Gasteiger partial charge in [0.15, 0.2) is 0 Å². The van der Waals surface area contributed by atoms with Gasteiger partial charge >= 0.3 is 0 Å². The highest BCUT2D eigenvalue weighted by atomic mass is 79.9. The molecule has 1 aliphatic rings. The molecule has 2 aromatic carbocycles. The summed E-state index contributed by atoms with van der Waals surface area (Å²) in [6.45, 7) is 1.65. The second kappa shape index (κ2) is 6.54. The van der Waals surface area contributed by atoms with Crippen LogP contribution in [0.1, 0.15) is 24.0 Å². The Labute approximate surface area is 150 Å². The van der Waals surface area contributed by atoms with E-state index in [2.05, 4.69) is 50.1 Å². The molecule has 0 radical (unpaired) electrons. The van der Waals surface area contributed by atoms with Crippen LogP contribution >= 0.6 is 15.9 Å². The van der Waals surface area contributed by atoms with Crippen LogP contribution in [-0.4, -0.2) is 21.0 Å². The van der Waals surface area contributed by atoms with Crippen molar-refractivity contribution >= 4 is 26.7 Å². The number of pyridine rings is 1. The topological polar surface area (TPSA) is 36.4 Å². The Morgan fingerprint density at radius 2 is 1.83 bits per heavy atom. The molecule has 1 fully saturated rings. The van der Waals surface area contributed by atoms with E-state index in [9.17, 15) is 5.11 Å². The molecule has 24 heavy (non-hydrogen) atoms. The molecule has 0 amide bonds. The molecule has 0 unspecified atom stereocenters. The summed E-state index contributed by atoms with van der Waals surface area (Å²) in [7, 11) is 0. The molecular formula is C20H19BrN2O. The number of fused-ring (bicyclic) bond motifs is 1. The fourth-order valence-corrected chi connectivity index (χ4v) is 3.58. The van der Waals surface area contributed by atoms with E-state index < -0.39 is 0 Å². The molecule has 0 bridgehead atoms. The van der Waals surface area contributed by atoms with Gasteiger partial charge in [0.2, 0.25) is 0 Å². The van der Waals surface area contributed by atoms with E-state index in [1.807, 2.05) is 30.6 Å². The quantitative estimate of drug-likeness (QED) is 0.683. The SMILES string of the molecule is Oc1ccc2cc(Br)ccc2c1CN(Cc1ccncc1)C1CC1. The van der Waals surface area contributed by atoms with Crippen LogP contribution < -0.4 is 0 Å². The molecule has 4 heteroatoms. The van der Waals surface area contributed by atoms with Gasteiger partial charge in [-0.05, 0) is 59.5 Å². The third kappa shape index (κ3) is 3.30. The van der Waals surface area contributed by atoms with Crippen molar-refractivity contribution in [1.82, 2.24) is 9.88 Å². The maximum Gasteiger partial charge on any atom is 0.120 e. The number of aromatic hydroxyl groups is 1. The Balaban J connectivity index is 1.67. The van der Waals surface area contributed by atoms with Crippen molar-refractivity contribution in [2.45, 2.75) is 32.0 Å². The summed E-state index contributed by atoms with van der Waals surface area (Å²) in [6.07, 6.45) is 6.16. The Hall–Kier alpha value is -1.91. The number of hydrogen-bond acceptors (Lipinski definition) is 3. The third-order valence-electron chi connectivity index (χ3n) is 4.63. The van der Waals surface area contributed by atoms with Gasteiger partial charge in [-0.3, -0.25) is 9.88 Å². The van der Waals surface area contributed by atoms with Crippen LogP contribution in [0.2, 0.25) is 0 Å². The molecule has 3 nitrogen and oxygen atoms in total. The molecule has 1 N–H and O–H groups in total. The van der Waals surface area contributed by atoms with E-state index in [-0.39, 0.29) is 0 Å². The first-order valence-electron chi connectivity index (χ1n) is 8.24. The van der Waals surface area contributed by atoms with E-state index in [1.54, 1.807) is 0 Å². The minimum Gasteiger partial charge on any atom is -0.508 e. The number of halogens is 1. The van der Waals surface area contributed by atoms with E-state index in [1.165, 1.54) is 18.4 Å². The van der Waals surface area contributed by atoms with Crippen LogP contribution in [0.25, 0.3) is 10.8 Å². The molecule has 1 saturated carbocycles. The number of benzene rings is 2. The van der Waals surface area contributed by atoms with Gasteiger partial charge in [-0.2, -0.15) is 0 Å². The van der Waals surface area contributed by atoms with E-state index >= 15 is 0 Å². The number of hydrogen-bond donors (Lipinski definition) is 1. The van der Waals surface area contributed by atoms with Gasteiger partial charge < -0.3 is 5.11 Å². The average molecular weight is 383 g/mol. The summed E-state index contributed by atoms with van der Waals surface area (Å²) in [4.78, 5) is 6.56. The summed E-state index contributed by atoms with van der Waals surface area (Å²) in [5.41, 5.74) is 2.28. The minimum absolute atomic E-state index is 0.380. The molecule has 0 aliphatic heterocycles. The third-order valence-corrected chi connectivity index (χ3v) is 5.12. The van der Waals surface area contributed by atoms with Crippen LogP contribution in [-0.2, 0) is 13.1 Å². The van der Waals surface area contributed by atoms with Crippen LogP contribution in [0.4, 0.5) is 0 Å². The van der Waals surface area contributed by atoms with Crippen molar-refractivity contribution in [3.8, 4) is 5.75 Å². The standard InChI is InChI=1S/C20H19BrN2O/c21-16-2-5-18-15(11-16)1-6-20(24)19(18)13-23(17-3-4-17)12-14-7-9-22-10-8-14/h1-2,5-11,17,24H,3-4,12-13H2. The zero-order valence-electron chi connectivity index (χ0n) is 13.3. The second-order valence-corrected chi connectivity index (χ2v) is 7.34. The molecule has 0 saturated heterocycles. The Kier molecular flexibility index (Phi) is 4.25. The van der Waals surface area contributed by atoms with Gasteiger partial charge in [0.25, 0.3) is 0 Å². The molecule has 122 valence electrons. The van der Waals surface area contributed by atoms with Crippen LogP contribution in [0, 0.1) is 0 Å². The predicted octanol–water partition coefficient (Wildman–Crippen LogP) is 4.87. The van der Waals surface area contributed by atoms with Gasteiger partial charge in [-0.15, -0.1) is 0 Å². The first-order valence-corrected chi connectivity index (χ1v) is 9.03. The minimum atomic E-state index is 0.380. The zero-order valence-corrected chi connectivity index (χ0v) is 14.9. The lowest BCUT2D eigenvalue weighted by Gasteiger charge is -2.23. The summed E-state index contributed by atoms with van der Waals surface area (Å²) in [5.74, 6) is 0.380. The highest BCUT2D eigenvalue weighted by molar-refractivity contribution is 9.10. The lowest BCUT2D eigenvalue weighted by molar-refractivity contribution is 0.243. The molecular weight excluding hydrogens is 364 g/mol. The van der Waals surface area contributed by atoms with E-state index in [4.69, 9.17) is 0 Å². The number of aromatic nitrogens is 1. The zero-order chi connectivity index (χ0) is 16.5. The van der Waals surface area contributed by atoms with Crippen molar-refractivity contribution in [1.29, 1.82) is 0 Å². The summed E-state index contributed by atoms with van der Waals surface area (Å²) in [6, 6.07) is 14.8. The molecule has 1 aromatic heterocycles. The van der Waals surface area contributed by atoms with Crippen molar-refractivity contribution in [2.24, 2.45) is 0 Å².